The fourth-order valence-corrected chi connectivity index (χ4v) is 4.63. The number of rotatable bonds is 3. The minimum absolute atomic E-state index is 0.293. The fourth-order valence-electron chi connectivity index (χ4n) is 3.53. The SMILES string of the molecule is O=C(O)C1C2CCCC2CN1Cc1cc(Cl)cs1. The van der Waals surface area contributed by atoms with Gasteiger partial charge in [0.05, 0.1) is 5.02 Å². The molecule has 2 aliphatic rings. The molecule has 2 fully saturated rings. The monoisotopic (exact) mass is 285 g/mol. The Hall–Kier alpha value is -0.580. The van der Waals surface area contributed by atoms with Gasteiger partial charge in [0.25, 0.3) is 0 Å². The van der Waals surface area contributed by atoms with Crippen LogP contribution in [0, 0.1) is 11.8 Å². The van der Waals surface area contributed by atoms with Gasteiger partial charge in [0.1, 0.15) is 6.04 Å². The molecule has 3 rings (SSSR count). The number of likely N-dealkylation sites (tertiary alicyclic amines) is 1. The molecule has 1 aromatic heterocycles. The van der Waals surface area contributed by atoms with Crippen molar-refractivity contribution < 1.29 is 9.90 Å². The average molecular weight is 286 g/mol. The molecule has 98 valence electrons. The Labute approximate surface area is 115 Å². The number of aliphatic carboxylic acids is 1. The van der Waals surface area contributed by atoms with Crippen molar-refractivity contribution >= 4 is 28.9 Å². The van der Waals surface area contributed by atoms with Crippen LogP contribution in [-0.4, -0.2) is 28.6 Å². The lowest BCUT2D eigenvalue weighted by Gasteiger charge is -2.23. The van der Waals surface area contributed by atoms with E-state index in [1.807, 2.05) is 11.4 Å². The highest BCUT2D eigenvalue weighted by Crippen LogP contribution is 2.43. The molecule has 0 bridgehead atoms. The highest BCUT2D eigenvalue weighted by atomic mass is 35.5. The van der Waals surface area contributed by atoms with E-state index in [-0.39, 0.29) is 6.04 Å². The number of halogens is 1. The van der Waals surface area contributed by atoms with Gasteiger partial charge in [-0.15, -0.1) is 11.3 Å². The Bertz CT molecular complexity index is 462. The van der Waals surface area contributed by atoms with E-state index in [0.717, 1.165) is 29.4 Å². The highest BCUT2D eigenvalue weighted by molar-refractivity contribution is 7.10. The Morgan fingerprint density at radius 3 is 3.06 bits per heavy atom. The van der Waals surface area contributed by atoms with Gasteiger partial charge < -0.3 is 5.11 Å². The number of hydrogen-bond donors (Lipinski definition) is 1. The lowest BCUT2D eigenvalue weighted by Crippen LogP contribution is -2.38. The summed E-state index contributed by atoms with van der Waals surface area (Å²) in [6, 6.07) is 1.65. The predicted octanol–water partition coefficient (Wildman–Crippen LogP) is 3.09. The Morgan fingerprint density at radius 2 is 2.39 bits per heavy atom. The van der Waals surface area contributed by atoms with Crippen LogP contribution in [0.2, 0.25) is 5.02 Å². The quantitative estimate of drug-likeness (QED) is 0.928. The summed E-state index contributed by atoms with van der Waals surface area (Å²) < 4.78 is 0. The minimum Gasteiger partial charge on any atom is -0.480 e. The molecule has 1 aromatic rings. The minimum atomic E-state index is -0.660. The molecule has 3 unspecified atom stereocenters. The molecule has 0 amide bonds. The number of carboxylic acids is 1. The Balaban J connectivity index is 1.77. The number of hydrogen-bond acceptors (Lipinski definition) is 3. The summed E-state index contributed by atoms with van der Waals surface area (Å²) in [5, 5.41) is 12.1. The van der Waals surface area contributed by atoms with E-state index < -0.39 is 5.97 Å². The lowest BCUT2D eigenvalue weighted by atomic mass is 9.94. The van der Waals surface area contributed by atoms with Crippen LogP contribution in [0.25, 0.3) is 0 Å². The smallest absolute Gasteiger partial charge is 0.321 e. The molecule has 18 heavy (non-hydrogen) atoms. The Morgan fingerprint density at radius 1 is 1.56 bits per heavy atom. The van der Waals surface area contributed by atoms with Crippen LogP contribution in [0.1, 0.15) is 24.1 Å². The second kappa shape index (κ2) is 4.83. The fraction of sp³-hybridized carbons (Fsp3) is 0.615. The molecular weight excluding hydrogens is 270 g/mol. The Kier molecular flexibility index (Phi) is 3.34. The van der Waals surface area contributed by atoms with Crippen molar-refractivity contribution in [2.24, 2.45) is 11.8 Å². The average Bonchev–Trinajstić information content (AvgIpc) is 2.93. The molecule has 1 aliphatic heterocycles. The molecular formula is C13H16ClNO2S. The van der Waals surface area contributed by atoms with Crippen molar-refractivity contribution in [3.05, 3.63) is 21.3 Å². The molecule has 1 N–H and O–H groups in total. The summed E-state index contributed by atoms with van der Waals surface area (Å²) in [6.45, 7) is 1.65. The van der Waals surface area contributed by atoms with Crippen molar-refractivity contribution in [2.45, 2.75) is 31.8 Å². The van der Waals surface area contributed by atoms with E-state index in [1.165, 1.54) is 12.8 Å². The zero-order chi connectivity index (χ0) is 12.7. The van der Waals surface area contributed by atoms with E-state index in [9.17, 15) is 9.90 Å². The number of thiophene rings is 1. The van der Waals surface area contributed by atoms with Gasteiger partial charge in [0.2, 0.25) is 0 Å². The van der Waals surface area contributed by atoms with E-state index >= 15 is 0 Å². The molecule has 0 aromatic carbocycles. The van der Waals surface area contributed by atoms with Gasteiger partial charge >= 0.3 is 5.97 Å². The molecule has 1 saturated heterocycles. The van der Waals surface area contributed by atoms with Crippen LogP contribution in [0.3, 0.4) is 0 Å². The van der Waals surface area contributed by atoms with Gasteiger partial charge in [-0.05, 0) is 30.7 Å². The maximum absolute atomic E-state index is 11.5. The molecule has 3 nitrogen and oxygen atoms in total. The van der Waals surface area contributed by atoms with Gasteiger partial charge in [-0.1, -0.05) is 18.0 Å². The largest absolute Gasteiger partial charge is 0.480 e. The summed E-state index contributed by atoms with van der Waals surface area (Å²) in [7, 11) is 0. The third-order valence-electron chi connectivity index (χ3n) is 4.22. The summed E-state index contributed by atoms with van der Waals surface area (Å²) >= 11 is 7.53. The van der Waals surface area contributed by atoms with Crippen molar-refractivity contribution in [1.29, 1.82) is 0 Å². The number of carboxylic acid groups (broad SMARTS) is 1. The summed E-state index contributed by atoms with van der Waals surface area (Å²) in [4.78, 5) is 14.8. The molecule has 5 heteroatoms. The van der Waals surface area contributed by atoms with Crippen molar-refractivity contribution in [3.8, 4) is 0 Å². The summed E-state index contributed by atoms with van der Waals surface area (Å²) in [5.74, 6) is 0.284. The summed E-state index contributed by atoms with van der Waals surface area (Å²) in [5.41, 5.74) is 0. The van der Waals surface area contributed by atoms with E-state index in [4.69, 9.17) is 11.6 Å². The van der Waals surface area contributed by atoms with Crippen LogP contribution in [0.15, 0.2) is 11.4 Å². The maximum Gasteiger partial charge on any atom is 0.321 e. The highest BCUT2D eigenvalue weighted by Gasteiger charge is 2.47. The standard InChI is InChI=1S/C13H16ClNO2S/c14-9-4-10(18-7-9)6-15-5-8-2-1-3-11(8)12(15)13(16)17/h4,7-8,11-12H,1-3,5-6H2,(H,16,17). The third-order valence-corrected chi connectivity index (χ3v) is 5.49. The second-order valence-electron chi connectivity index (χ2n) is 5.30. The maximum atomic E-state index is 11.5. The first-order valence-corrected chi connectivity index (χ1v) is 7.60. The predicted molar refractivity (Wildman–Crippen MR) is 72.0 cm³/mol. The van der Waals surface area contributed by atoms with Crippen LogP contribution in [0.4, 0.5) is 0 Å². The zero-order valence-electron chi connectivity index (χ0n) is 10.0. The first-order chi connectivity index (χ1) is 8.65. The van der Waals surface area contributed by atoms with Crippen molar-refractivity contribution in [2.75, 3.05) is 6.54 Å². The van der Waals surface area contributed by atoms with Crippen LogP contribution >= 0.6 is 22.9 Å². The summed E-state index contributed by atoms with van der Waals surface area (Å²) in [6.07, 6.45) is 3.46. The van der Waals surface area contributed by atoms with Crippen LogP contribution in [0.5, 0.6) is 0 Å². The van der Waals surface area contributed by atoms with E-state index in [0.29, 0.717) is 11.8 Å². The number of nitrogens with zero attached hydrogens (tertiary/aromatic N) is 1. The van der Waals surface area contributed by atoms with Crippen LogP contribution in [-0.2, 0) is 11.3 Å². The van der Waals surface area contributed by atoms with Crippen molar-refractivity contribution in [1.82, 2.24) is 4.90 Å². The first kappa shape index (κ1) is 12.5. The molecule has 0 spiro atoms. The second-order valence-corrected chi connectivity index (χ2v) is 6.73. The lowest BCUT2D eigenvalue weighted by molar-refractivity contribution is -0.143. The van der Waals surface area contributed by atoms with Gasteiger partial charge in [-0.3, -0.25) is 9.69 Å². The molecule has 1 aliphatic carbocycles. The van der Waals surface area contributed by atoms with E-state index in [2.05, 4.69) is 4.90 Å². The molecule has 3 atom stereocenters. The molecule has 2 heterocycles. The number of fused-ring (bicyclic) bond motifs is 1. The van der Waals surface area contributed by atoms with Crippen LogP contribution < -0.4 is 0 Å². The first-order valence-electron chi connectivity index (χ1n) is 6.35. The third kappa shape index (κ3) is 2.17. The van der Waals surface area contributed by atoms with Gasteiger partial charge in [-0.25, -0.2) is 0 Å². The topological polar surface area (TPSA) is 40.5 Å². The van der Waals surface area contributed by atoms with Crippen molar-refractivity contribution in [3.63, 3.8) is 0 Å². The normalized spacial score (nSPS) is 31.7. The van der Waals surface area contributed by atoms with Gasteiger partial charge in [0.15, 0.2) is 0 Å². The molecule has 0 radical (unpaired) electrons. The van der Waals surface area contributed by atoms with Gasteiger partial charge in [0, 0.05) is 23.3 Å². The number of carbonyl (C=O) groups is 1. The van der Waals surface area contributed by atoms with E-state index in [1.54, 1.807) is 11.3 Å². The molecule has 1 saturated carbocycles. The zero-order valence-corrected chi connectivity index (χ0v) is 11.6. The van der Waals surface area contributed by atoms with Gasteiger partial charge in [-0.2, -0.15) is 0 Å².